The maximum atomic E-state index is 11.7. The van der Waals surface area contributed by atoms with Gasteiger partial charge in [-0.25, -0.2) is 9.97 Å². The number of aromatic nitrogens is 2. The topological polar surface area (TPSA) is 66.9 Å². The van der Waals surface area contributed by atoms with Gasteiger partial charge in [-0.3, -0.25) is 4.79 Å². The fourth-order valence-electron chi connectivity index (χ4n) is 1.77. The molecule has 0 aliphatic heterocycles. The van der Waals surface area contributed by atoms with Gasteiger partial charge in [0.1, 0.15) is 16.2 Å². The molecule has 0 aliphatic carbocycles. The van der Waals surface area contributed by atoms with E-state index in [4.69, 9.17) is 0 Å². The average molecular weight is 310 g/mol. The van der Waals surface area contributed by atoms with Crippen LogP contribution in [0.15, 0.2) is 11.4 Å². The lowest BCUT2D eigenvalue weighted by Crippen LogP contribution is -2.31. The lowest BCUT2D eigenvalue weighted by atomic mass is 10.2. The van der Waals surface area contributed by atoms with Crippen molar-refractivity contribution in [2.75, 3.05) is 25.9 Å². The van der Waals surface area contributed by atoms with E-state index in [-0.39, 0.29) is 5.91 Å². The van der Waals surface area contributed by atoms with E-state index in [0.29, 0.717) is 12.3 Å². The van der Waals surface area contributed by atoms with Gasteiger partial charge in [-0.1, -0.05) is 11.8 Å². The summed E-state index contributed by atoms with van der Waals surface area (Å²) >= 11 is 3.14. The van der Waals surface area contributed by atoms with Crippen LogP contribution in [0, 0.1) is 13.8 Å². The molecule has 0 atom stereocenters. The summed E-state index contributed by atoms with van der Waals surface area (Å²) in [6.07, 6.45) is 1.57. The fourth-order valence-corrected chi connectivity index (χ4v) is 3.72. The molecule has 0 saturated carbocycles. The van der Waals surface area contributed by atoms with E-state index in [1.54, 1.807) is 17.7 Å². The van der Waals surface area contributed by atoms with Crippen LogP contribution in [0.4, 0.5) is 0 Å². The van der Waals surface area contributed by atoms with E-state index < -0.39 is 0 Å². The number of hydrogen-bond donors (Lipinski definition) is 2. The Balaban J connectivity index is 2.05. The molecule has 5 nitrogen and oxygen atoms in total. The molecule has 0 radical (unpaired) electrons. The number of carbonyl (C=O) groups is 1. The van der Waals surface area contributed by atoms with Crippen LogP contribution in [-0.2, 0) is 4.79 Å². The molecule has 7 heteroatoms. The van der Waals surface area contributed by atoms with Crippen molar-refractivity contribution in [2.45, 2.75) is 18.9 Å². The van der Waals surface area contributed by atoms with Crippen molar-refractivity contribution in [2.24, 2.45) is 0 Å². The van der Waals surface area contributed by atoms with Gasteiger partial charge in [0.05, 0.1) is 5.75 Å². The van der Waals surface area contributed by atoms with Crippen LogP contribution in [0.25, 0.3) is 10.2 Å². The van der Waals surface area contributed by atoms with Gasteiger partial charge in [-0.05, 0) is 26.5 Å². The molecule has 0 spiro atoms. The largest absolute Gasteiger partial charge is 0.354 e. The van der Waals surface area contributed by atoms with Crippen molar-refractivity contribution < 1.29 is 4.79 Å². The standard InChI is InChI=1S/C13H18N4OS2/c1-8-9(2)20-13-11(8)12(16-7-17-13)19-6-10(18)15-5-4-14-3/h7,14H,4-6H2,1-3H3,(H,15,18). The summed E-state index contributed by atoms with van der Waals surface area (Å²) in [6, 6.07) is 0. The Labute approximate surface area is 126 Å². The zero-order valence-electron chi connectivity index (χ0n) is 11.8. The van der Waals surface area contributed by atoms with Crippen LogP contribution in [0.1, 0.15) is 10.4 Å². The Morgan fingerprint density at radius 2 is 2.15 bits per heavy atom. The first-order valence-electron chi connectivity index (χ1n) is 6.38. The summed E-state index contributed by atoms with van der Waals surface area (Å²) in [4.78, 5) is 22.6. The number of thiophene rings is 1. The van der Waals surface area contributed by atoms with Crippen LogP contribution in [0.3, 0.4) is 0 Å². The second-order valence-electron chi connectivity index (χ2n) is 4.38. The monoisotopic (exact) mass is 310 g/mol. The Bertz CT molecular complexity index is 612. The molecule has 0 aromatic carbocycles. The Morgan fingerprint density at radius 3 is 2.90 bits per heavy atom. The second-order valence-corrected chi connectivity index (χ2v) is 6.55. The van der Waals surface area contributed by atoms with Gasteiger partial charge in [0.15, 0.2) is 0 Å². The van der Waals surface area contributed by atoms with Crippen molar-refractivity contribution in [3.63, 3.8) is 0 Å². The van der Waals surface area contributed by atoms with Crippen LogP contribution in [0.5, 0.6) is 0 Å². The van der Waals surface area contributed by atoms with Gasteiger partial charge >= 0.3 is 0 Å². The van der Waals surface area contributed by atoms with Crippen LogP contribution >= 0.6 is 23.1 Å². The van der Waals surface area contributed by atoms with E-state index in [1.807, 2.05) is 7.05 Å². The first-order valence-corrected chi connectivity index (χ1v) is 8.18. The van der Waals surface area contributed by atoms with Crippen molar-refractivity contribution in [3.8, 4) is 0 Å². The molecule has 2 aromatic rings. The number of nitrogens with zero attached hydrogens (tertiary/aromatic N) is 2. The summed E-state index contributed by atoms with van der Waals surface area (Å²) in [5.41, 5.74) is 1.21. The van der Waals surface area contributed by atoms with E-state index in [9.17, 15) is 4.79 Å². The number of fused-ring (bicyclic) bond motifs is 1. The first kappa shape index (κ1) is 15.2. The zero-order chi connectivity index (χ0) is 14.5. The zero-order valence-corrected chi connectivity index (χ0v) is 13.5. The molecule has 0 saturated heterocycles. The number of carbonyl (C=O) groups excluding carboxylic acids is 1. The molecule has 2 rings (SSSR count). The van der Waals surface area contributed by atoms with Crippen molar-refractivity contribution >= 4 is 39.2 Å². The molecular formula is C13H18N4OS2. The number of likely N-dealkylation sites (N-methyl/N-ethyl adjacent to an activating group) is 1. The van der Waals surface area contributed by atoms with Gasteiger partial charge < -0.3 is 10.6 Å². The SMILES string of the molecule is CNCCNC(=O)CSc1ncnc2sc(C)c(C)c12. The third kappa shape index (κ3) is 3.47. The molecule has 0 unspecified atom stereocenters. The summed E-state index contributed by atoms with van der Waals surface area (Å²) in [5.74, 6) is 0.408. The smallest absolute Gasteiger partial charge is 0.230 e. The highest BCUT2D eigenvalue weighted by Gasteiger charge is 2.13. The van der Waals surface area contributed by atoms with Gasteiger partial charge in [-0.15, -0.1) is 11.3 Å². The van der Waals surface area contributed by atoms with Gasteiger partial charge in [0.2, 0.25) is 5.91 Å². The molecule has 1 amide bonds. The predicted molar refractivity (Wildman–Crippen MR) is 84.5 cm³/mol. The normalized spacial score (nSPS) is 10.9. The molecule has 0 fully saturated rings. The van der Waals surface area contributed by atoms with Crippen LogP contribution < -0.4 is 10.6 Å². The first-order chi connectivity index (χ1) is 9.63. The van der Waals surface area contributed by atoms with Crippen molar-refractivity contribution in [1.82, 2.24) is 20.6 Å². The van der Waals surface area contributed by atoms with Crippen molar-refractivity contribution in [1.29, 1.82) is 0 Å². The van der Waals surface area contributed by atoms with Crippen LogP contribution in [0.2, 0.25) is 0 Å². The van der Waals surface area contributed by atoms with E-state index >= 15 is 0 Å². The number of amides is 1. The number of hydrogen-bond acceptors (Lipinski definition) is 6. The summed E-state index contributed by atoms with van der Waals surface area (Å²) in [6.45, 7) is 5.58. The molecule has 2 heterocycles. The van der Waals surface area contributed by atoms with Gasteiger partial charge in [0, 0.05) is 23.4 Å². The Morgan fingerprint density at radius 1 is 1.35 bits per heavy atom. The maximum absolute atomic E-state index is 11.7. The number of thioether (sulfide) groups is 1. The number of nitrogens with one attached hydrogen (secondary N) is 2. The minimum Gasteiger partial charge on any atom is -0.354 e. The quantitative estimate of drug-likeness (QED) is 0.483. The summed E-state index contributed by atoms with van der Waals surface area (Å²) in [5, 5.41) is 7.82. The van der Waals surface area contributed by atoms with E-state index in [0.717, 1.165) is 21.8 Å². The average Bonchev–Trinajstić information content (AvgIpc) is 2.73. The minimum absolute atomic E-state index is 0.0293. The minimum atomic E-state index is 0.0293. The summed E-state index contributed by atoms with van der Waals surface area (Å²) < 4.78 is 0. The second kappa shape index (κ2) is 7.01. The van der Waals surface area contributed by atoms with Gasteiger partial charge in [0.25, 0.3) is 0 Å². The highest BCUT2D eigenvalue weighted by atomic mass is 32.2. The van der Waals surface area contributed by atoms with E-state index in [1.165, 1.54) is 22.2 Å². The number of aryl methyl sites for hydroxylation is 2. The fraction of sp³-hybridized carbons (Fsp3) is 0.462. The van der Waals surface area contributed by atoms with Gasteiger partial charge in [-0.2, -0.15) is 0 Å². The molecule has 0 aliphatic rings. The Hall–Kier alpha value is -1.18. The number of rotatable bonds is 6. The van der Waals surface area contributed by atoms with Crippen molar-refractivity contribution in [3.05, 3.63) is 16.8 Å². The highest BCUT2D eigenvalue weighted by Crippen LogP contribution is 2.34. The van der Waals surface area contributed by atoms with E-state index in [2.05, 4.69) is 34.4 Å². The van der Waals surface area contributed by atoms with Crippen LogP contribution in [-0.4, -0.2) is 41.8 Å². The molecule has 2 N–H and O–H groups in total. The molecule has 0 bridgehead atoms. The molecule has 20 heavy (non-hydrogen) atoms. The third-order valence-electron chi connectivity index (χ3n) is 2.97. The Kier molecular flexibility index (Phi) is 5.33. The lowest BCUT2D eigenvalue weighted by molar-refractivity contribution is -0.118. The summed E-state index contributed by atoms with van der Waals surface area (Å²) in [7, 11) is 1.86. The molecule has 2 aromatic heterocycles. The third-order valence-corrected chi connectivity index (χ3v) is 5.07. The highest BCUT2D eigenvalue weighted by molar-refractivity contribution is 8.00. The predicted octanol–water partition coefficient (Wildman–Crippen LogP) is 1.74. The molecule has 108 valence electrons. The maximum Gasteiger partial charge on any atom is 0.230 e. The lowest BCUT2D eigenvalue weighted by Gasteiger charge is -2.05. The molecular weight excluding hydrogens is 292 g/mol.